The average molecular weight is 269 g/mol. The number of nitrogens with zero attached hydrogens (tertiary/aromatic N) is 1. The molecule has 98 valence electrons. The topological polar surface area (TPSA) is 84.7 Å². The fourth-order valence-corrected chi connectivity index (χ4v) is 2.76. The number of carbonyl (C=O) groups excluding carboxylic acids is 2. The number of methoxy groups -OCH3 is 1. The summed E-state index contributed by atoms with van der Waals surface area (Å²) in [5.74, 6) is -0.162. The predicted octanol–water partition coefficient (Wildman–Crippen LogP) is -0.344. The standard InChI is InChI=1S/C11H15N3O3S/c1-17-8-2-5-18-9(8)11(16)14-4-3-13-6-7(14)10(12)15/h2,5,7,13H,3-4,6H2,1H3,(H2,12,15). The van der Waals surface area contributed by atoms with E-state index in [0.717, 1.165) is 0 Å². The molecule has 0 radical (unpaired) electrons. The number of nitrogens with two attached hydrogens (primary N) is 1. The zero-order valence-corrected chi connectivity index (χ0v) is 10.8. The van der Waals surface area contributed by atoms with Gasteiger partial charge in [0.1, 0.15) is 16.7 Å². The second-order valence-electron chi connectivity index (χ2n) is 3.94. The van der Waals surface area contributed by atoms with E-state index >= 15 is 0 Å². The van der Waals surface area contributed by atoms with Crippen LogP contribution in [0.2, 0.25) is 0 Å². The summed E-state index contributed by atoms with van der Waals surface area (Å²) in [7, 11) is 1.52. The minimum Gasteiger partial charge on any atom is -0.495 e. The maximum atomic E-state index is 12.4. The van der Waals surface area contributed by atoms with Crippen LogP contribution < -0.4 is 15.8 Å². The van der Waals surface area contributed by atoms with Crippen LogP contribution in [0.15, 0.2) is 11.4 Å². The van der Waals surface area contributed by atoms with Gasteiger partial charge in [-0.2, -0.15) is 0 Å². The number of carbonyl (C=O) groups is 2. The van der Waals surface area contributed by atoms with E-state index in [1.54, 1.807) is 11.4 Å². The van der Waals surface area contributed by atoms with E-state index in [1.807, 2.05) is 0 Å². The van der Waals surface area contributed by atoms with Crippen LogP contribution in [0.1, 0.15) is 9.67 Å². The second kappa shape index (κ2) is 5.36. The molecule has 0 aliphatic carbocycles. The fourth-order valence-electron chi connectivity index (χ4n) is 1.95. The molecule has 0 saturated carbocycles. The molecular formula is C11H15N3O3S. The van der Waals surface area contributed by atoms with Gasteiger partial charge in [-0.1, -0.05) is 0 Å². The number of primary amides is 1. The molecule has 1 aromatic rings. The van der Waals surface area contributed by atoms with Crippen molar-refractivity contribution in [2.24, 2.45) is 5.73 Å². The number of thiophene rings is 1. The molecule has 7 heteroatoms. The van der Waals surface area contributed by atoms with E-state index in [-0.39, 0.29) is 5.91 Å². The van der Waals surface area contributed by atoms with Crippen LogP contribution in [0.3, 0.4) is 0 Å². The number of piperazine rings is 1. The van der Waals surface area contributed by atoms with E-state index in [2.05, 4.69) is 5.32 Å². The van der Waals surface area contributed by atoms with Crippen LogP contribution in [-0.2, 0) is 4.79 Å². The zero-order chi connectivity index (χ0) is 13.1. The Labute approximate surface area is 109 Å². The van der Waals surface area contributed by atoms with Crippen LogP contribution in [0.4, 0.5) is 0 Å². The third kappa shape index (κ3) is 2.32. The van der Waals surface area contributed by atoms with Crippen molar-refractivity contribution < 1.29 is 14.3 Å². The molecule has 0 aromatic carbocycles. The number of ether oxygens (including phenoxy) is 1. The van der Waals surface area contributed by atoms with Crippen molar-refractivity contribution in [3.8, 4) is 5.75 Å². The highest BCUT2D eigenvalue weighted by Gasteiger charge is 2.32. The van der Waals surface area contributed by atoms with Gasteiger partial charge in [-0.15, -0.1) is 11.3 Å². The van der Waals surface area contributed by atoms with Crippen molar-refractivity contribution in [2.75, 3.05) is 26.7 Å². The van der Waals surface area contributed by atoms with Gasteiger partial charge in [-0.3, -0.25) is 9.59 Å². The fraction of sp³-hybridized carbons (Fsp3) is 0.455. The normalized spacial score (nSPS) is 19.6. The molecule has 18 heavy (non-hydrogen) atoms. The van der Waals surface area contributed by atoms with Crippen molar-refractivity contribution in [2.45, 2.75) is 6.04 Å². The number of nitrogens with one attached hydrogen (secondary N) is 1. The molecule has 6 nitrogen and oxygen atoms in total. The van der Waals surface area contributed by atoms with Crippen LogP contribution in [0.25, 0.3) is 0 Å². The van der Waals surface area contributed by atoms with E-state index < -0.39 is 11.9 Å². The lowest BCUT2D eigenvalue weighted by atomic mass is 10.1. The monoisotopic (exact) mass is 269 g/mol. The third-order valence-corrected chi connectivity index (χ3v) is 3.76. The molecule has 0 spiro atoms. The van der Waals surface area contributed by atoms with Crippen LogP contribution in [0.5, 0.6) is 5.75 Å². The van der Waals surface area contributed by atoms with Crippen LogP contribution in [0, 0.1) is 0 Å². The van der Waals surface area contributed by atoms with Crippen molar-refractivity contribution in [1.82, 2.24) is 10.2 Å². The lowest BCUT2D eigenvalue weighted by Gasteiger charge is -2.33. The van der Waals surface area contributed by atoms with Crippen molar-refractivity contribution >= 4 is 23.2 Å². The first-order valence-electron chi connectivity index (χ1n) is 5.57. The summed E-state index contributed by atoms with van der Waals surface area (Å²) in [6.45, 7) is 1.52. The molecule has 2 heterocycles. The summed E-state index contributed by atoms with van der Waals surface area (Å²) in [6, 6.07) is 1.14. The predicted molar refractivity (Wildman–Crippen MR) is 67.8 cm³/mol. The second-order valence-corrected chi connectivity index (χ2v) is 4.86. The average Bonchev–Trinajstić information content (AvgIpc) is 2.86. The number of amides is 2. The first-order valence-corrected chi connectivity index (χ1v) is 6.45. The van der Waals surface area contributed by atoms with Gasteiger partial charge in [0.15, 0.2) is 0 Å². The molecule has 1 unspecified atom stereocenters. The summed E-state index contributed by atoms with van der Waals surface area (Å²) in [4.78, 5) is 25.7. The van der Waals surface area contributed by atoms with E-state index in [0.29, 0.717) is 30.3 Å². The first kappa shape index (κ1) is 12.8. The number of hydrogen-bond donors (Lipinski definition) is 2. The van der Waals surface area contributed by atoms with Crippen molar-refractivity contribution in [3.05, 3.63) is 16.3 Å². The van der Waals surface area contributed by atoms with Crippen LogP contribution in [-0.4, -0.2) is 49.5 Å². The minimum atomic E-state index is -0.599. The Morgan fingerprint density at radius 1 is 1.61 bits per heavy atom. The molecule has 3 N–H and O–H groups in total. The van der Waals surface area contributed by atoms with Crippen molar-refractivity contribution in [1.29, 1.82) is 0 Å². The SMILES string of the molecule is COc1ccsc1C(=O)N1CCNCC1C(N)=O. The van der Waals surface area contributed by atoms with E-state index in [1.165, 1.54) is 23.3 Å². The van der Waals surface area contributed by atoms with Gasteiger partial charge < -0.3 is 20.7 Å². The molecular weight excluding hydrogens is 254 g/mol. The van der Waals surface area contributed by atoms with Gasteiger partial charge >= 0.3 is 0 Å². The molecule has 1 aliphatic heterocycles. The maximum Gasteiger partial charge on any atom is 0.268 e. The first-order chi connectivity index (χ1) is 8.65. The molecule has 1 fully saturated rings. The Kier molecular flexibility index (Phi) is 3.83. The lowest BCUT2D eigenvalue weighted by molar-refractivity contribution is -0.122. The molecule has 0 bridgehead atoms. The Hall–Kier alpha value is -1.60. The smallest absolute Gasteiger partial charge is 0.268 e. The van der Waals surface area contributed by atoms with E-state index in [4.69, 9.17) is 10.5 Å². The summed E-state index contributed by atoms with van der Waals surface area (Å²) in [5.41, 5.74) is 5.32. The molecule has 1 aromatic heterocycles. The molecule has 1 aliphatic rings. The van der Waals surface area contributed by atoms with E-state index in [9.17, 15) is 9.59 Å². The Morgan fingerprint density at radius 3 is 3.06 bits per heavy atom. The highest BCUT2D eigenvalue weighted by atomic mass is 32.1. The Bertz CT molecular complexity index is 460. The summed E-state index contributed by atoms with van der Waals surface area (Å²) < 4.78 is 5.12. The van der Waals surface area contributed by atoms with Crippen LogP contribution >= 0.6 is 11.3 Å². The lowest BCUT2D eigenvalue weighted by Crippen LogP contribution is -2.58. The van der Waals surface area contributed by atoms with Gasteiger partial charge in [-0.25, -0.2) is 0 Å². The molecule has 1 atom stereocenters. The highest BCUT2D eigenvalue weighted by molar-refractivity contribution is 7.12. The molecule has 2 amide bonds. The number of hydrogen-bond acceptors (Lipinski definition) is 5. The van der Waals surface area contributed by atoms with Gasteiger partial charge in [0.2, 0.25) is 5.91 Å². The largest absolute Gasteiger partial charge is 0.495 e. The van der Waals surface area contributed by atoms with Gasteiger partial charge in [0.05, 0.1) is 7.11 Å². The van der Waals surface area contributed by atoms with Gasteiger partial charge in [0.25, 0.3) is 5.91 Å². The Balaban J connectivity index is 2.23. The maximum absolute atomic E-state index is 12.4. The van der Waals surface area contributed by atoms with Crippen molar-refractivity contribution in [3.63, 3.8) is 0 Å². The minimum absolute atomic E-state index is 0.202. The third-order valence-electron chi connectivity index (χ3n) is 2.88. The summed E-state index contributed by atoms with van der Waals surface area (Å²) in [6.07, 6.45) is 0. The Morgan fingerprint density at radius 2 is 2.39 bits per heavy atom. The van der Waals surface area contributed by atoms with Gasteiger partial charge in [-0.05, 0) is 11.4 Å². The quantitative estimate of drug-likeness (QED) is 0.786. The number of rotatable bonds is 3. The molecule has 2 rings (SSSR count). The van der Waals surface area contributed by atoms with Gasteiger partial charge in [0, 0.05) is 19.6 Å². The summed E-state index contributed by atoms with van der Waals surface area (Å²) >= 11 is 1.30. The highest BCUT2D eigenvalue weighted by Crippen LogP contribution is 2.26. The summed E-state index contributed by atoms with van der Waals surface area (Å²) in [5, 5.41) is 4.84. The zero-order valence-electron chi connectivity index (χ0n) is 10.0. The molecule has 1 saturated heterocycles.